The maximum Gasteiger partial charge on any atom is 0.534 e. The van der Waals surface area contributed by atoms with Crippen molar-refractivity contribution >= 4 is 20.2 Å². The lowest BCUT2D eigenvalue weighted by Gasteiger charge is -2.07. The van der Waals surface area contributed by atoms with Crippen LogP contribution in [0.1, 0.15) is 13.8 Å². The van der Waals surface area contributed by atoms with Gasteiger partial charge in [-0.05, 0) is 38.1 Å². The minimum atomic E-state index is -5.72. The number of allylic oxidation sites excluding steroid dienone is 2. The summed E-state index contributed by atoms with van der Waals surface area (Å²) >= 11 is -2.05. The molecule has 0 aromatic heterocycles. The molecule has 30 heavy (non-hydrogen) atoms. The van der Waals surface area contributed by atoms with E-state index in [2.05, 4.69) is 8.37 Å². The molecule has 0 unspecified atom stereocenters. The summed E-state index contributed by atoms with van der Waals surface area (Å²) in [6.45, 7) is 2.15. The van der Waals surface area contributed by atoms with Crippen LogP contribution in [0.2, 0.25) is 0 Å². The Morgan fingerprint density at radius 2 is 1.00 bits per heavy atom. The standard InChI is InChI=1S/C14H12F6I2O6S2/c1-9(27-29(23,24)13(15,16)17)7-21-11-3-5-12(6-4-11)22-8-10(2)28-30(25,26)14(18,19)20/h3-8H,1-2H3/q+2/b9-7+,10-8+. The highest BCUT2D eigenvalue weighted by atomic mass is 127. The molecule has 0 spiro atoms. The molecule has 0 radical (unpaired) electrons. The van der Waals surface area contributed by atoms with Gasteiger partial charge in [-0.3, -0.25) is 0 Å². The molecule has 0 saturated carbocycles. The summed E-state index contributed by atoms with van der Waals surface area (Å²) in [5, 5.41) is 0. The number of halogens is 8. The zero-order chi connectivity index (χ0) is 23.4. The van der Waals surface area contributed by atoms with Gasteiger partial charge in [-0.15, -0.1) is 0 Å². The average Bonchev–Trinajstić information content (AvgIpc) is 2.56. The molecule has 0 aliphatic carbocycles. The number of rotatable bonds is 8. The molecule has 0 heterocycles. The van der Waals surface area contributed by atoms with E-state index in [0.717, 1.165) is 13.8 Å². The van der Waals surface area contributed by atoms with Gasteiger partial charge in [0.25, 0.3) is 0 Å². The van der Waals surface area contributed by atoms with Crippen molar-refractivity contribution in [2.45, 2.75) is 24.9 Å². The van der Waals surface area contributed by atoms with Crippen molar-refractivity contribution < 1.29 is 94.0 Å². The van der Waals surface area contributed by atoms with Gasteiger partial charge in [0.1, 0.15) is 0 Å². The second-order valence-corrected chi connectivity index (χ2v) is 13.1. The summed E-state index contributed by atoms with van der Waals surface area (Å²) in [6.07, 6.45) is 0. The Hall–Kier alpha value is -0.760. The lowest BCUT2D eigenvalue weighted by atomic mass is 10.4. The summed E-state index contributed by atoms with van der Waals surface area (Å²) in [5.74, 6) is -0.837. The molecule has 0 N–H and O–H groups in total. The predicted molar refractivity (Wildman–Crippen MR) is 83.5 cm³/mol. The third-order valence-electron chi connectivity index (χ3n) is 2.52. The normalized spacial score (nSPS) is 14.5. The van der Waals surface area contributed by atoms with Gasteiger partial charge in [0.15, 0.2) is 26.8 Å². The van der Waals surface area contributed by atoms with Crippen molar-refractivity contribution in [2.24, 2.45) is 0 Å². The van der Waals surface area contributed by atoms with Crippen molar-refractivity contribution in [3.05, 3.63) is 51.1 Å². The molecule has 1 rings (SSSR count). The first-order valence-corrected chi connectivity index (χ1v) is 14.6. The van der Waals surface area contributed by atoms with Crippen molar-refractivity contribution in [1.82, 2.24) is 0 Å². The van der Waals surface area contributed by atoms with E-state index in [-0.39, 0.29) is 0 Å². The van der Waals surface area contributed by atoms with Crippen LogP contribution in [0.3, 0.4) is 0 Å². The molecular formula is C14H12F6I2O6S2+2. The fraction of sp³-hybridized carbons (Fsp3) is 0.286. The van der Waals surface area contributed by atoms with Crippen molar-refractivity contribution in [3.8, 4) is 0 Å². The first-order valence-electron chi connectivity index (χ1n) is 7.16. The molecule has 0 amide bonds. The lowest BCUT2D eigenvalue weighted by Crippen LogP contribution is -3.59. The Morgan fingerprint density at radius 3 is 1.23 bits per heavy atom. The first-order chi connectivity index (χ1) is 13.4. The number of benzene rings is 1. The van der Waals surface area contributed by atoms with Crippen LogP contribution >= 0.6 is 0 Å². The highest BCUT2D eigenvalue weighted by Gasteiger charge is 2.49. The highest BCUT2D eigenvalue weighted by Crippen LogP contribution is 2.26. The lowest BCUT2D eigenvalue weighted by molar-refractivity contribution is -0.564. The summed E-state index contributed by atoms with van der Waals surface area (Å²) in [6, 6.07) is 6.45. The van der Waals surface area contributed by atoms with Crippen LogP contribution in [0.4, 0.5) is 26.3 Å². The largest absolute Gasteiger partial charge is 0.534 e. The third kappa shape index (κ3) is 8.40. The molecule has 0 bridgehead atoms. The summed E-state index contributed by atoms with van der Waals surface area (Å²) < 4.78 is 129. The van der Waals surface area contributed by atoms with Crippen molar-refractivity contribution in [1.29, 1.82) is 0 Å². The summed E-state index contributed by atoms with van der Waals surface area (Å²) in [5.41, 5.74) is -11.1. The SMILES string of the molecule is C/C(=C\[I+]c1ccc([I+]/C=C(\C)OS(=O)(=O)C(F)(F)F)cc1)OS(=O)(=O)C(F)(F)F. The molecule has 0 atom stereocenters. The van der Waals surface area contributed by atoms with Crippen molar-refractivity contribution in [3.63, 3.8) is 0 Å². The Balaban J connectivity index is 2.72. The maximum absolute atomic E-state index is 12.2. The molecule has 170 valence electrons. The first kappa shape index (κ1) is 27.3. The van der Waals surface area contributed by atoms with Crippen LogP contribution in [0.25, 0.3) is 0 Å². The Bertz CT molecular complexity index is 929. The smallest absolute Gasteiger partial charge is 0.377 e. The minimum Gasteiger partial charge on any atom is -0.377 e. The van der Waals surface area contributed by atoms with E-state index in [0.29, 0.717) is 7.14 Å². The molecule has 0 saturated heterocycles. The zero-order valence-corrected chi connectivity index (χ0v) is 20.7. The molecule has 0 fully saturated rings. The van der Waals surface area contributed by atoms with Crippen molar-refractivity contribution in [2.75, 3.05) is 0 Å². The minimum absolute atomic E-state index is 0.418. The highest BCUT2D eigenvalue weighted by molar-refractivity contribution is 7.88. The maximum atomic E-state index is 12.2. The van der Waals surface area contributed by atoms with E-state index in [1.54, 1.807) is 24.3 Å². The van der Waals surface area contributed by atoms with E-state index >= 15 is 0 Å². The van der Waals surface area contributed by atoms with Crippen LogP contribution in [0.15, 0.2) is 43.9 Å². The topological polar surface area (TPSA) is 86.7 Å². The van der Waals surface area contributed by atoms with E-state index in [4.69, 9.17) is 0 Å². The van der Waals surface area contributed by atoms with Crippen LogP contribution in [0.5, 0.6) is 0 Å². The quantitative estimate of drug-likeness (QED) is 0.0991. The van der Waals surface area contributed by atoms with E-state index in [1.165, 1.54) is 8.17 Å². The summed E-state index contributed by atoms with van der Waals surface area (Å²) in [4.78, 5) is 0. The monoisotopic (exact) mass is 708 g/mol. The zero-order valence-electron chi connectivity index (χ0n) is 14.8. The van der Waals surface area contributed by atoms with Crippen LogP contribution in [-0.2, 0) is 28.6 Å². The number of hydrogen-bond donors (Lipinski definition) is 0. The van der Waals surface area contributed by atoms with Gasteiger partial charge < -0.3 is 8.37 Å². The van der Waals surface area contributed by atoms with Crippen LogP contribution < -0.4 is 42.4 Å². The molecule has 1 aromatic rings. The van der Waals surface area contributed by atoms with Gasteiger partial charge in [-0.2, -0.15) is 43.2 Å². The predicted octanol–water partition coefficient (Wildman–Crippen LogP) is -2.34. The van der Waals surface area contributed by atoms with Gasteiger partial charge in [0.2, 0.25) is 0 Å². The van der Waals surface area contributed by atoms with Gasteiger partial charge in [0.05, 0.1) is 0 Å². The Kier molecular flexibility index (Phi) is 9.31. The molecule has 16 heteroatoms. The van der Waals surface area contributed by atoms with Crippen LogP contribution in [0, 0.1) is 7.14 Å². The van der Waals surface area contributed by atoms with E-state index < -0.39 is 85.2 Å². The Labute approximate surface area is 189 Å². The molecule has 6 nitrogen and oxygen atoms in total. The second-order valence-electron chi connectivity index (χ2n) is 5.06. The second kappa shape index (κ2) is 10.2. The fourth-order valence-corrected chi connectivity index (χ4v) is 6.05. The van der Waals surface area contributed by atoms with Crippen LogP contribution in [-0.4, -0.2) is 27.9 Å². The third-order valence-corrected chi connectivity index (χ3v) is 9.87. The van der Waals surface area contributed by atoms with E-state index in [1.807, 2.05) is 0 Å². The van der Waals surface area contributed by atoms with Gasteiger partial charge >= 0.3 is 73.7 Å². The number of hydrogen-bond acceptors (Lipinski definition) is 6. The number of alkyl halides is 6. The molecule has 0 aliphatic rings. The molecule has 1 aromatic carbocycles. The average molecular weight is 708 g/mol. The van der Waals surface area contributed by atoms with Gasteiger partial charge in [-0.25, -0.2) is 0 Å². The molecule has 0 aliphatic heterocycles. The van der Waals surface area contributed by atoms with Gasteiger partial charge in [-0.1, -0.05) is 0 Å². The summed E-state index contributed by atoms with van der Waals surface area (Å²) in [7, 11) is -11.4. The van der Waals surface area contributed by atoms with Gasteiger partial charge in [0, 0.05) is 0 Å². The van der Waals surface area contributed by atoms with E-state index in [9.17, 15) is 43.2 Å². The molecular weight excluding hydrogens is 696 g/mol. The fourth-order valence-electron chi connectivity index (χ4n) is 1.33. The Morgan fingerprint density at radius 1 is 0.733 bits per heavy atom.